The second-order valence-corrected chi connectivity index (χ2v) is 13.3. The maximum absolute atomic E-state index is 13.1. The fourth-order valence-corrected chi connectivity index (χ4v) is 7.90. The summed E-state index contributed by atoms with van der Waals surface area (Å²) in [6.07, 6.45) is 6.89. The highest BCUT2D eigenvalue weighted by Gasteiger charge is 2.69. The van der Waals surface area contributed by atoms with E-state index in [4.69, 9.17) is 24.0 Å². The summed E-state index contributed by atoms with van der Waals surface area (Å²) in [5.74, 6) is 1.06. The van der Waals surface area contributed by atoms with Gasteiger partial charge in [0.25, 0.3) is 5.91 Å². The molecule has 41 heavy (non-hydrogen) atoms. The first-order chi connectivity index (χ1) is 19.8. The summed E-state index contributed by atoms with van der Waals surface area (Å²) >= 11 is 0. The molecule has 6 fully saturated rings. The quantitative estimate of drug-likeness (QED) is 0.474. The normalized spacial score (nSPS) is 38.9. The number of amides is 1. The first-order valence-electron chi connectivity index (χ1n) is 15.4. The Balaban J connectivity index is 1.04. The molecular weight excluding hydrogens is 524 g/mol. The van der Waals surface area contributed by atoms with E-state index in [0.29, 0.717) is 29.0 Å². The predicted octanol–water partition coefficient (Wildman–Crippen LogP) is 4.86. The summed E-state index contributed by atoms with van der Waals surface area (Å²) in [5.41, 5.74) is 1.54. The molecule has 0 unspecified atom stereocenters. The lowest BCUT2D eigenvalue weighted by atomic mass is 9.58. The number of ether oxygens (including phenoxy) is 3. The maximum Gasteiger partial charge on any atom is 0.253 e. The molecule has 1 amide bonds. The van der Waals surface area contributed by atoms with Crippen molar-refractivity contribution in [2.75, 3.05) is 13.1 Å². The van der Waals surface area contributed by atoms with Gasteiger partial charge in [0.15, 0.2) is 18.2 Å². The van der Waals surface area contributed by atoms with Crippen LogP contribution in [0.4, 0.5) is 0 Å². The van der Waals surface area contributed by atoms with Crippen LogP contribution in [0, 0.1) is 29.6 Å². The molecule has 8 rings (SSSR count). The van der Waals surface area contributed by atoms with Crippen LogP contribution in [0.1, 0.15) is 82.3 Å². The number of carbonyl (C=O) groups is 1. The number of hydrogen-bond acceptors (Lipinski definition) is 8. The molecule has 2 aromatic rings. The van der Waals surface area contributed by atoms with E-state index in [1.165, 1.54) is 0 Å². The Hall–Kier alpha value is -2.37. The average Bonchev–Trinajstić information content (AvgIpc) is 3.34. The Morgan fingerprint density at radius 1 is 1.07 bits per heavy atom. The van der Waals surface area contributed by atoms with Gasteiger partial charge in [0.2, 0.25) is 5.79 Å². The molecule has 1 aromatic carbocycles. The van der Waals surface area contributed by atoms with Gasteiger partial charge in [-0.15, -0.1) is 5.10 Å². The number of nitrogens with zero attached hydrogens (tertiary/aromatic N) is 4. The molecular formula is C31H42N4O6. The lowest BCUT2D eigenvalue weighted by molar-refractivity contribution is -0.577. The Morgan fingerprint density at radius 3 is 2.73 bits per heavy atom. The fraction of sp³-hybridized carbons (Fsp3) is 0.710. The number of rotatable bonds is 5. The van der Waals surface area contributed by atoms with E-state index in [1.54, 1.807) is 4.68 Å². The van der Waals surface area contributed by atoms with Crippen molar-refractivity contribution in [3.63, 3.8) is 0 Å². The van der Waals surface area contributed by atoms with Gasteiger partial charge in [0, 0.05) is 36.9 Å². The third-order valence-electron chi connectivity index (χ3n) is 10.5. The second kappa shape index (κ2) is 10.4. The van der Waals surface area contributed by atoms with Gasteiger partial charge in [-0.3, -0.25) is 4.79 Å². The highest BCUT2D eigenvalue weighted by atomic mass is 17.3. The van der Waals surface area contributed by atoms with Crippen molar-refractivity contribution in [3.8, 4) is 5.69 Å². The summed E-state index contributed by atoms with van der Waals surface area (Å²) in [5, 5.41) is 8.68. The van der Waals surface area contributed by atoms with Crippen molar-refractivity contribution in [3.05, 3.63) is 41.7 Å². The van der Waals surface area contributed by atoms with Crippen molar-refractivity contribution in [1.82, 2.24) is 19.9 Å². The number of fused-ring (bicyclic) bond motifs is 2. The molecule has 6 heterocycles. The summed E-state index contributed by atoms with van der Waals surface area (Å²) in [6.45, 7) is 10.5. The number of benzene rings is 1. The highest BCUT2D eigenvalue weighted by molar-refractivity contribution is 5.94. The van der Waals surface area contributed by atoms with E-state index in [2.05, 4.69) is 31.1 Å². The van der Waals surface area contributed by atoms with Gasteiger partial charge < -0.3 is 19.1 Å². The van der Waals surface area contributed by atoms with Gasteiger partial charge >= 0.3 is 0 Å². The molecule has 0 N–H and O–H groups in total. The topological polar surface area (TPSA) is 97.2 Å². The minimum atomic E-state index is -0.812. The molecule has 5 saturated heterocycles. The summed E-state index contributed by atoms with van der Waals surface area (Å²) in [7, 11) is 0. The predicted molar refractivity (Wildman–Crippen MR) is 147 cm³/mol. The minimum absolute atomic E-state index is 0.0700. The van der Waals surface area contributed by atoms with Gasteiger partial charge in [0.05, 0.1) is 18.5 Å². The zero-order valence-corrected chi connectivity index (χ0v) is 24.5. The molecule has 2 bridgehead atoms. The molecule has 5 aliphatic heterocycles. The maximum atomic E-state index is 13.1. The lowest BCUT2D eigenvalue weighted by Gasteiger charge is -2.60. The zero-order chi connectivity index (χ0) is 28.4. The molecule has 6 aliphatic rings. The number of piperidine rings is 1. The third-order valence-corrected chi connectivity index (χ3v) is 10.5. The van der Waals surface area contributed by atoms with Crippen LogP contribution in [-0.4, -0.2) is 62.9 Å². The van der Waals surface area contributed by atoms with Crippen LogP contribution in [0.3, 0.4) is 0 Å². The summed E-state index contributed by atoms with van der Waals surface area (Å²) in [4.78, 5) is 27.2. The van der Waals surface area contributed by atoms with E-state index in [0.717, 1.165) is 57.3 Å². The number of likely N-dealkylation sites (tertiary alicyclic amines) is 1. The largest absolute Gasteiger partial charge is 0.346 e. The van der Waals surface area contributed by atoms with Crippen molar-refractivity contribution < 1.29 is 28.8 Å². The Morgan fingerprint density at radius 2 is 1.90 bits per heavy atom. The Bertz CT molecular complexity index is 1280. The van der Waals surface area contributed by atoms with Crippen molar-refractivity contribution >= 4 is 5.91 Å². The fourth-order valence-electron chi connectivity index (χ4n) is 7.90. The van der Waals surface area contributed by atoms with Gasteiger partial charge in [-0.1, -0.05) is 32.1 Å². The molecule has 222 valence electrons. The van der Waals surface area contributed by atoms with Crippen molar-refractivity contribution in [2.45, 2.75) is 96.8 Å². The first kappa shape index (κ1) is 27.5. The molecule has 0 radical (unpaired) electrons. The van der Waals surface area contributed by atoms with Crippen LogP contribution in [0.5, 0.6) is 0 Å². The van der Waals surface area contributed by atoms with Crippen molar-refractivity contribution in [1.29, 1.82) is 0 Å². The van der Waals surface area contributed by atoms with E-state index in [1.807, 2.05) is 42.3 Å². The first-order valence-corrected chi connectivity index (χ1v) is 15.4. The minimum Gasteiger partial charge on any atom is -0.346 e. The standard InChI is InChI=1S/C31H42N4O6/c1-19-11-14-34(15-12-19)27(36)22-6-5-7-24(16-22)35-17-23(32-33-35)18-37-28-21(3)26-9-8-20(2)25-10-13-30(4)39-29(38-28)31(25,26)41-40-30/h5-7,16-17,19-21,25-26,28-29H,8-15,18H2,1-4H3/t20-,21-,25+,26+,28+,29-,30-,31-/m1/s1. The van der Waals surface area contributed by atoms with Gasteiger partial charge in [-0.05, 0) is 75.0 Å². The average molecular weight is 567 g/mol. The number of aromatic nitrogens is 3. The summed E-state index contributed by atoms with van der Waals surface area (Å²) < 4.78 is 21.0. The molecule has 10 heteroatoms. The van der Waals surface area contributed by atoms with Gasteiger partial charge in [-0.2, -0.15) is 0 Å². The van der Waals surface area contributed by atoms with Gasteiger partial charge in [-0.25, -0.2) is 14.5 Å². The SMILES string of the molecule is CC1CCN(C(=O)c2cccc(-n3cc(CO[C@H]4O[C@@H]5O[C@@]6(C)CC[C@H]7[C@H](C)CC[C@@H]([C@H]4C)[C@@]57OO6)nn3)c2)CC1. The van der Waals surface area contributed by atoms with Crippen LogP contribution in [0.15, 0.2) is 30.5 Å². The summed E-state index contributed by atoms with van der Waals surface area (Å²) in [6, 6.07) is 7.58. The van der Waals surface area contributed by atoms with E-state index < -0.39 is 24.0 Å². The lowest BCUT2D eigenvalue weighted by Crippen LogP contribution is -2.70. The Labute approximate surface area is 241 Å². The monoisotopic (exact) mass is 566 g/mol. The molecule has 1 spiro atoms. The second-order valence-electron chi connectivity index (χ2n) is 13.3. The van der Waals surface area contributed by atoms with Crippen LogP contribution in [-0.2, 0) is 30.6 Å². The molecule has 1 aromatic heterocycles. The number of carbonyl (C=O) groups excluding carboxylic acids is 1. The molecule has 1 saturated carbocycles. The molecule has 10 nitrogen and oxygen atoms in total. The molecule has 8 atom stereocenters. The van der Waals surface area contributed by atoms with Crippen LogP contribution < -0.4 is 0 Å². The van der Waals surface area contributed by atoms with E-state index >= 15 is 0 Å². The van der Waals surface area contributed by atoms with E-state index in [9.17, 15) is 4.79 Å². The van der Waals surface area contributed by atoms with Crippen molar-refractivity contribution in [2.24, 2.45) is 29.6 Å². The Kier molecular flexibility index (Phi) is 6.98. The van der Waals surface area contributed by atoms with Gasteiger partial charge in [0.1, 0.15) is 5.69 Å². The van der Waals surface area contributed by atoms with Crippen LogP contribution in [0.25, 0.3) is 5.69 Å². The molecule has 1 aliphatic carbocycles. The van der Waals surface area contributed by atoms with Crippen LogP contribution >= 0.6 is 0 Å². The number of hydrogen-bond donors (Lipinski definition) is 0. The van der Waals surface area contributed by atoms with E-state index in [-0.39, 0.29) is 24.3 Å². The van der Waals surface area contributed by atoms with Crippen LogP contribution in [0.2, 0.25) is 0 Å². The zero-order valence-electron chi connectivity index (χ0n) is 24.5. The highest BCUT2D eigenvalue weighted by Crippen LogP contribution is 2.60. The smallest absolute Gasteiger partial charge is 0.253 e. The third kappa shape index (κ3) is 4.72.